The maximum Gasteiger partial charge on any atom is 0.265 e. The Bertz CT molecular complexity index is 658. The monoisotopic (exact) mass is 304 g/mol. The van der Waals surface area contributed by atoms with E-state index in [0.717, 1.165) is 5.56 Å². The highest BCUT2D eigenvalue weighted by molar-refractivity contribution is 6.32. The molecule has 0 aromatic heterocycles. The third-order valence-corrected chi connectivity index (χ3v) is 3.33. The second-order valence-electron chi connectivity index (χ2n) is 4.75. The topological polar surface area (TPSA) is 64.3 Å². The van der Waals surface area contributed by atoms with Crippen LogP contribution in [0.1, 0.15) is 12.5 Å². The fourth-order valence-electron chi connectivity index (χ4n) is 1.85. The van der Waals surface area contributed by atoms with Crippen molar-refractivity contribution in [2.24, 2.45) is 0 Å². The van der Waals surface area contributed by atoms with E-state index in [1.807, 2.05) is 6.92 Å². The Morgan fingerprint density at radius 3 is 2.67 bits per heavy atom. The number of hydrogen-bond donors (Lipinski definition) is 2. The molecule has 0 aliphatic heterocycles. The van der Waals surface area contributed by atoms with Gasteiger partial charge in [0.05, 0.1) is 5.02 Å². The maximum atomic E-state index is 12.2. The quantitative estimate of drug-likeness (QED) is 0.848. The number of nitrogen functional groups attached to an aromatic ring is 1. The highest BCUT2D eigenvalue weighted by atomic mass is 35.5. The highest BCUT2D eigenvalue weighted by Gasteiger charge is 2.16. The summed E-state index contributed by atoms with van der Waals surface area (Å²) in [5.74, 6) is 0.235. The van der Waals surface area contributed by atoms with Crippen LogP contribution in [0.3, 0.4) is 0 Å². The van der Waals surface area contributed by atoms with Crippen molar-refractivity contribution in [3.05, 3.63) is 53.1 Å². The van der Waals surface area contributed by atoms with Gasteiger partial charge < -0.3 is 15.8 Å². The van der Waals surface area contributed by atoms with Crippen LogP contribution in [-0.2, 0) is 4.79 Å². The van der Waals surface area contributed by atoms with E-state index in [9.17, 15) is 4.79 Å². The molecule has 4 nitrogen and oxygen atoms in total. The number of halogens is 1. The molecule has 5 heteroatoms. The van der Waals surface area contributed by atoms with Gasteiger partial charge in [-0.1, -0.05) is 23.7 Å². The number of para-hydroxylation sites is 1. The molecule has 0 saturated heterocycles. The smallest absolute Gasteiger partial charge is 0.265 e. The molecule has 1 unspecified atom stereocenters. The van der Waals surface area contributed by atoms with E-state index in [1.165, 1.54) is 0 Å². The first-order valence-electron chi connectivity index (χ1n) is 6.55. The van der Waals surface area contributed by atoms with E-state index in [4.69, 9.17) is 22.1 Å². The number of carbonyl (C=O) groups excluding carboxylic acids is 1. The minimum atomic E-state index is -0.665. The number of amides is 1. The van der Waals surface area contributed by atoms with Gasteiger partial charge in [-0.2, -0.15) is 0 Å². The minimum absolute atomic E-state index is 0.247. The lowest BCUT2D eigenvalue weighted by molar-refractivity contribution is -0.122. The highest BCUT2D eigenvalue weighted by Crippen LogP contribution is 2.24. The minimum Gasteiger partial charge on any atom is -0.479 e. The summed E-state index contributed by atoms with van der Waals surface area (Å²) in [5.41, 5.74) is 7.95. The molecule has 0 aliphatic carbocycles. The molecule has 0 spiro atoms. The average Bonchev–Trinajstić information content (AvgIpc) is 2.44. The summed E-state index contributed by atoms with van der Waals surface area (Å²) in [4.78, 5) is 12.2. The molecular weight excluding hydrogens is 288 g/mol. The van der Waals surface area contributed by atoms with Gasteiger partial charge in [0.15, 0.2) is 6.10 Å². The Labute approximate surface area is 128 Å². The second kappa shape index (κ2) is 6.50. The Hall–Kier alpha value is -2.20. The van der Waals surface area contributed by atoms with E-state index in [-0.39, 0.29) is 5.91 Å². The molecule has 3 N–H and O–H groups in total. The van der Waals surface area contributed by atoms with Crippen molar-refractivity contribution >= 4 is 28.9 Å². The lowest BCUT2D eigenvalue weighted by Crippen LogP contribution is -2.30. The standard InChI is InChI=1S/C16H17ClN2O2/c1-10-9-12(18)7-8-14(10)19-16(20)11(2)21-15-6-4-3-5-13(15)17/h3-9,11H,18H2,1-2H3,(H,19,20). The number of hydrogen-bond acceptors (Lipinski definition) is 3. The molecular formula is C16H17ClN2O2. The van der Waals surface area contributed by atoms with Crippen molar-refractivity contribution in [2.75, 3.05) is 11.1 Å². The predicted molar refractivity (Wildman–Crippen MR) is 85.8 cm³/mol. The summed E-state index contributed by atoms with van der Waals surface area (Å²) >= 11 is 6.01. The van der Waals surface area contributed by atoms with Crippen molar-refractivity contribution in [1.29, 1.82) is 0 Å². The Morgan fingerprint density at radius 1 is 1.29 bits per heavy atom. The van der Waals surface area contributed by atoms with Crippen LogP contribution in [0.4, 0.5) is 11.4 Å². The molecule has 110 valence electrons. The Morgan fingerprint density at radius 2 is 2.00 bits per heavy atom. The van der Waals surface area contributed by atoms with Crippen LogP contribution in [0.5, 0.6) is 5.75 Å². The Balaban J connectivity index is 2.04. The first-order chi connectivity index (χ1) is 9.97. The summed E-state index contributed by atoms with van der Waals surface area (Å²) < 4.78 is 5.57. The van der Waals surface area contributed by atoms with Crippen molar-refractivity contribution < 1.29 is 9.53 Å². The van der Waals surface area contributed by atoms with E-state index < -0.39 is 6.10 Å². The number of nitrogens with one attached hydrogen (secondary N) is 1. The molecule has 0 bridgehead atoms. The maximum absolute atomic E-state index is 12.2. The number of nitrogens with two attached hydrogens (primary N) is 1. The zero-order valence-electron chi connectivity index (χ0n) is 11.9. The number of benzene rings is 2. The summed E-state index contributed by atoms with van der Waals surface area (Å²) in [5, 5.41) is 3.29. The van der Waals surface area contributed by atoms with Gasteiger partial charge in [0.1, 0.15) is 5.75 Å². The number of ether oxygens (including phenoxy) is 1. The third kappa shape index (κ3) is 3.89. The molecule has 0 fully saturated rings. The Kier molecular flexibility index (Phi) is 4.70. The first kappa shape index (κ1) is 15.2. The van der Waals surface area contributed by atoms with Crippen LogP contribution in [-0.4, -0.2) is 12.0 Å². The van der Waals surface area contributed by atoms with E-state index in [1.54, 1.807) is 49.4 Å². The van der Waals surface area contributed by atoms with E-state index in [2.05, 4.69) is 5.32 Å². The fraction of sp³-hybridized carbons (Fsp3) is 0.188. The van der Waals surface area contributed by atoms with Crippen molar-refractivity contribution in [3.63, 3.8) is 0 Å². The predicted octanol–water partition coefficient (Wildman–Crippen LogP) is 3.64. The molecule has 1 atom stereocenters. The molecule has 2 rings (SSSR count). The second-order valence-corrected chi connectivity index (χ2v) is 5.16. The number of carbonyl (C=O) groups is 1. The number of aryl methyl sites for hydroxylation is 1. The van der Waals surface area contributed by atoms with Crippen molar-refractivity contribution in [1.82, 2.24) is 0 Å². The molecule has 0 heterocycles. The van der Waals surface area contributed by atoms with Crippen LogP contribution in [0.25, 0.3) is 0 Å². The van der Waals surface area contributed by atoms with Crippen LogP contribution in [0.15, 0.2) is 42.5 Å². The zero-order chi connectivity index (χ0) is 15.4. The molecule has 0 aliphatic rings. The summed E-state index contributed by atoms with van der Waals surface area (Å²) in [7, 11) is 0. The van der Waals surface area contributed by atoms with Crippen LogP contribution < -0.4 is 15.8 Å². The molecule has 0 saturated carbocycles. The molecule has 21 heavy (non-hydrogen) atoms. The molecule has 0 radical (unpaired) electrons. The molecule has 2 aromatic carbocycles. The van der Waals surface area contributed by atoms with Gasteiger partial charge in [0, 0.05) is 11.4 Å². The third-order valence-electron chi connectivity index (χ3n) is 3.02. The van der Waals surface area contributed by atoms with Gasteiger partial charge in [-0.3, -0.25) is 4.79 Å². The van der Waals surface area contributed by atoms with E-state index in [0.29, 0.717) is 22.1 Å². The van der Waals surface area contributed by atoms with Crippen LogP contribution in [0.2, 0.25) is 5.02 Å². The van der Waals surface area contributed by atoms with Gasteiger partial charge in [-0.25, -0.2) is 0 Å². The average molecular weight is 305 g/mol. The van der Waals surface area contributed by atoms with Gasteiger partial charge in [0.2, 0.25) is 0 Å². The van der Waals surface area contributed by atoms with Crippen LogP contribution >= 0.6 is 11.6 Å². The fourth-order valence-corrected chi connectivity index (χ4v) is 2.03. The largest absolute Gasteiger partial charge is 0.479 e. The van der Waals surface area contributed by atoms with E-state index >= 15 is 0 Å². The number of anilines is 2. The molecule has 2 aromatic rings. The summed E-state index contributed by atoms with van der Waals surface area (Å²) in [6, 6.07) is 12.3. The summed E-state index contributed by atoms with van der Waals surface area (Å²) in [6.07, 6.45) is -0.665. The van der Waals surface area contributed by atoms with Gasteiger partial charge >= 0.3 is 0 Å². The normalized spacial score (nSPS) is 11.8. The zero-order valence-corrected chi connectivity index (χ0v) is 12.6. The molecule has 1 amide bonds. The van der Waals surface area contributed by atoms with Crippen LogP contribution in [0, 0.1) is 6.92 Å². The van der Waals surface area contributed by atoms with Gasteiger partial charge in [0.25, 0.3) is 5.91 Å². The van der Waals surface area contributed by atoms with Crippen molar-refractivity contribution in [3.8, 4) is 5.75 Å². The SMILES string of the molecule is Cc1cc(N)ccc1NC(=O)C(C)Oc1ccccc1Cl. The lowest BCUT2D eigenvalue weighted by atomic mass is 10.1. The first-order valence-corrected chi connectivity index (χ1v) is 6.93. The lowest BCUT2D eigenvalue weighted by Gasteiger charge is -2.16. The number of rotatable bonds is 4. The van der Waals surface area contributed by atoms with Crippen molar-refractivity contribution in [2.45, 2.75) is 20.0 Å². The van der Waals surface area contributed by atoms with Gasteiger partial charge in [-0.05, 0) is 49.7 Å². The summed E-state index contributed by atoms with van der Waals surface area (Å²) in [6.45, 7) is 3.55. The van der Waals surface area contributed by atoms with Gasteiger partial charge in [-0.15, -0.1) is 0 Å².